The summed E-state index contributed by atoms with van der Waals surface area (Å²) in [5.41, 5.74) is 3.35. The number of rotatable bonds is 5. The number of fused-ring (bicyclic) bond motifs is 1. The molecule has 6 nitrogen and oxygen atoms in total. The first-order valence-corrected chi connectivity index (χ1v) is 13.4. The van der Waals surface area contributed by atoms with Crippen molar-refractivity contribution in [2.75, 3.05) is 0 Å². The molecule has 188 valence electrons. The Balaban J connectivity index is 1.58. The fourth-order valence-corrected chi connectivity index (χ4v) is 6.58. The number of halogens is 1. The molecule has 1 aliphatic carbocycles. The molecule has 5 rings (SSSR count). The molecule has 0 saturated heterocycles. The van der Waals surface area contributed by atoms with Crippen LogP contribution in [0.4, 0.5) is 0 Å². The molecular formula is C28H30ClN3O3S. The van der Waals surface area contributed by atoms with Crippen molar-refractivity contribution in [1.29, 1.82) is 0 Å². The van der Waals surface area contributed by atoms with E-state index in [1.807, 2.05) is 31.2 Å². The van der Waals surface area contributed by atoms with Gasteiger partial charge in [0.05, 0.1) is 22.9 Å². The SMILES string of the molecule is Cc1cc(Cl)cc(-c2ccnc3cc(Cn4c(=O)ccn(C)c4=O)sc23)c1OC1CCCC(C)(C)C1. The van der Waals surface area contributed by atoms with E-state index in [0.717, 1.165) is 56.8 Å². The van der Waals surface area contributed by atoms with Gasteiger partial charge in [-0.2, -0.15) is 0 Å². The van der Waals surface area contributed by atoms with E-state index in [-0.39, 0.29) is 29.3 Å². The Bertz CT molecular complexity index is 1570. The van der Waals surface area contributed by atoms with Crippen LogP contribution in [0.1, 0.15) is 50.0 Å². The number of hydrogen-bond donors (Lipinski definition) is 0. The molecule has 8 heteroatoms. The van der Waals surface area contributed by atoms with Gasteiger partial charge in [0.15, 0.2) is 0 Å². The highest BCUT2D eigenvalue weighted by atomic mass is 35.5. The van der Waals surface area contributed by atoms with Crippen LogP contribution in [0.25, 0.3) is 21.3 Å². The molecule has 0 radical (unpaired) electrons. The summed E-state index contributed by atoms with van der Waals surface area (Å²) in [6.45, 7) is 6.85. The number of nitrogens with zero attached hydrogens (tertiary/aromatic N) is 3. The zero-order valence-corrected chi connectivity index (χ0v) is 22.6. The van der Waals surface area contributed by atoms with E-state index in [1.54, 1.807) is 13.2 Å². The van der Waals surface area contributed by atoms with Gasteiger partial charge in [-0.1, -0.05) is 25.4 Å². The molecule has 1 atom stereocenters. The molecule has 0 aliphatic heterocycles. The van der Waals surface area contributed by atoms with Crippen molar-refractivity contribution in [3.05, 3.63) is 79.0 Å². The second-order valence-electron chi connectivity index (χ2n) is 10.5. The Labute approximate surface area is 219 Å². The minimum Gasteiger partial charge on any atom is -0.489 e. The highest BCUT2D eigenvalue weighted by molar-refractivity contribution is 7.19. The van der Waals surface area contributed by atoms with E-state index in [4.69, 9.17) is 16.3 Å². The molecule has 1 aliphatic rings. The van der Waals surface area contributed by atoms with Crippen molar-refractivity contribution >= 4 is 33.2 Å². The predicted molar refractivity (Wildman–Crippen MR) is 147 cm³/mol. The minimum atomic E-state index is -0.343. The van der Waals surface area contributed by atoms with Gasteiger partial charge in [0.1, 0.15) is 5.75 Å². The molecule has 0 N–H and O–H groups in total. The molecule has 0 spiro atoms. The van der Waals surface area contributed by atoms with E-state index in [9.17, 15) is 9.59 Å². The summed E-state index contributed by atoms with van der Waals surface area (Å²) >= 11 is 8.06. The van der Waals surface area contributed by atoms with Crippen LogP contribution in [0, 0.1) is 12.3 Å². The molecule has 1 aromatic carbocycles. The van der Waals surface area contributed by atoms with Crippen LogP contribution in [-0.2, 0) is 13.6 Å². The second kappa shape index (κ2) is 9.52. The molecule has 36 heavy (non-hydrogen) atoms. The molecule has 1 fully saturated rings. The molecular weight excluding hydrogens is 494 g/mol. The Hall–Kier alpha value is -2.90. The van der Waals surface area contributed by atoms with Crippen LogP contribution >= 0.6 is 22.9 Å². The molecule has 3 heterocycles. The van der Waals surface area contributed by atoms with Gasteiger partial charge in [-0.05, 0) is 67.9 Å². The molecule has 0 bridgehead atoms. The summed E-state index contributed by atoms with van der Waals surface area (Å²) in [5.74, 6) is 0.859. The normalized spacial score (nSPS) is 17.4. The number of ether oxygens (including phenoxy) is 1. The van der Waals surface area contributed by atoms with Crippen molar-refractivity contribution in [1.82, 2.24) is 14.1 Å². The van der Waals surface area contributed by atoms with Crippen LogP contribution in [0.2, 0.25) is 5.02 Å². The Morgan fingerprint density at radius 2 is 2.00 bits per heavy atom. The average molecular weight is 524 g/mol. The maximum atomic E-state index is 12.5. The third kappa shape index (κ3) is 4.87. The van der Waals surface area contributed by atoms with Gasteiger partial charge >= 0.3 is 5.69 Å². The van der Waals surface area contributed by atoms with Gasteiger partial charge in [0.25, 0.3) is 5.56 Å². The van der Waals surface area contributed by atoms with E-state index in [2.05, 4.69) is 18.8 Å². The minimum absolute atomic E-state index is 0.157. The van der Waals surface area contributed by atoms with E-state index in [0.29, 0.717) is 5.02 Å². The lowest BCUT2D eigenvalue weighted by Gasteiger charge is -2.36. The van der Waals surface area contributed by atoms with Gasteiger partial charge in [-0.15, -0.1) is 11.3 Å². The zero-order chi connectivity index (χ0) is 25.6. The summed E-state index contributed by atoms with van der Waals surface area (Å²) in [5, 5.41) is 0.653. The second-order valence-corrected chi connectivity index (χ2v) is 12.1. The zero-order valence-electron chi connectivity index (χ0n) is 21.0. The first kappa shape index (κ1) is 24.8. The first-order chi connectivity index (χ1) is 17.1. The average Bonchev–Trinajstić information content (AvgIpc) is 3.23. The molecule has 1 unspecified atom stereocenters. The predicted octanol–water partition coefficient (Wildman–Crippen LogP) is 6.18. The summed E-state index contributed by atoms with van der Waals surface area (Å²) in [4.78, 5) is 30.3. The highest BCUT2D eigenvalue weighted by Crippen LogP contribution is 2.44. The fourth-order valence-electron chi connectivity index (χ4n) is 5.18. The Morgan fingerprint density at radius 3 is 2.78 bits per heavy atom. The van der Waals surface area contributed by atoms with Crippen LogP contribution in [0.5, 0.6) is 5.75 Å². The molecule has 4 aromatic rings. The lowest BCUT2D eigenvalue weighted by Crippen LogP contribution is -2.37. The number of hydrogen-bond acceptors (Lipinski definition) is 5. The number of aromatic nitrogens is 3. The van der Waals surface area contributed by atoms with Crippen molar-refractivity contribution in [3.63, 3.8) is 0 Å². The van der Waals surface area contributed by atoms with E-state index >= 15 is 0 Å². The maximum Gasteiger partial charge on any atom is 0.331 e. The number of benzene rings is 1. The highest BCUT2D eigenvalue weighted by Gasteiger charge is 2.30. The van der Waals surface area contributed by atoms with Crippen molar-refractivity contribution in [3.8, 4) is 16.9 Å². The van der Waals surface area contributed by atoms with E-state index < -0.39 is 0 Å². The smallest absolute Gasteiger partial charge is 0.331 e. The van der Waals surface area contributed by atoms with Crippen molar-refractivity contribution in [2.24, 2.45) is 12.5 Å². The first-order valence-electron chi connectivity index (χ1n) is 12.2. The Kier molecular flexibility index (Phi) is 6.55. The Morgan fingerprint density at radius 1 is 1.19 bits per heavy atom. The van der Waals surface area contributed by atoms with Gasteiger partial charge < -0.3 is 9.30 Å². The third-order valence-electron chi connectivity index (χ3n) is 6.99. The maximum absolute atomic E-state index is 12.5. The van der Waals surface area contributed by atoms with Crippen LogP contribution < -0.4 is 16.0 Å². The lowest BCUT2D eigenvalue weighted by molar-refractivity contribution is 0.0850. The van der Waals surface area contributed by atoms with Gasteiger partial charge in [0.2, 0.25) is 0 Å². The summed E-state index contributed by atoms with van der Waals surface area (Å²) in [7, 11) is 1.64. The standard InChI is InChI=1S/C28H30ClN3O3S/c1-17-12-18(29)13-22(25(17)35-19-6-5-9-28(2,3)15-19)21-7-10-30-23-14-20(36-26(21)23)16-32-24(33)8-11-31(4)27(32)34/h7-8,10-14,19H,5-6,9,15-16H2,1-4H3. The summed E-state index contributed by atoms with van der Waals surface area (Å²) in [6, 6.07) is 9.25. The topological polar surface area (TPSA) is 66.1 Å². The van der Waals surface area contributed by atoms with Crippen molar-refractivity contribution in [2.45, 2.75) is 59.1 Å². The van der Waals surface area contributed by atoms with Crippen LogP contribution in [-0.4, -0.2) is 20.2 Å². The third-order valence-corrected chi connectivity index (χ3v) is 8.35. The molecule has 1 saturated carbocycles. The summed E-state index contributed by atoms with van der Waals surface area (Å²) in [6.07, 6.45) is 7.87. The monoisotopic (exact) mass is 523 g/mol. The molecule has 0 amide bonds. The van der Waals surface area contributed by atoms with Gasteiger partial charge in [-0.25, -0.2) is 4.79 Å². The van der Waals surface area contributed by atoms with Gasteiger partial charge in [-0.3, -0.25) is 14.3 Å². The quantitative estimate of drug-likeness (QED) is 0.313. The lowest BCUT2D eigenvalue weighted by atomic mass is 9.76. The van der Waals surface area contributed by atoms with E-state index in [1.165, 1.54) is 39.2 Å². The number of thiophene rings is 1. The van der Waals surface area contributed by atoms with Crippen LogP contribution in [0.3, 0.4) is 0 Å². The summed E-state index contributed by atoms with van der Waals surface area (Å²) < 4.78 is 10.3. The van der Waals surface area contributed by atoms with Crippen molar-refractivity contribution < 1.29 is 4.74 Å². The number of pyridine rings is 1. The van der Waals surface area contributed by atoms with Crippen LogP contribution in [0.15, 0.2) is 52.3 Å². The largest absolute Gasteiger partial charge is 0.489 e. The molecule has 3 aromatic heterocycles. The fraction of sp³-hybridized carbons (Fsp3) is 0.393. The number of aryl methyl sites for hydroxylation is 2. The van der Waals surface area contributed by atoms with Gasteiger partial charge in [0, 0.05) is 46.5 Å².